The number of ketones is 1. The van der Waals surface area contributed by atoms with Crippen LogP contribution >= 0.6 is 0 Å². The zero-order valence-electron chi connectivity index (χ0n) is 21.5. The van der Waals surface area contributed by atoms with Crippen molar-refractivity contribution >= 4 is 16.8 Å². The van der Waals surface area contributed by atoms with Crippen molar-refractivity contribution in [3.05, 3.63) is 90.0 Å². The van der Waals surface area contributed by atoms with Gasteiger partial charge in [0.05, 0.1) is 12.2 Å². The standard InChI is InChI=1S/C32H37NO3/c1-3-5-21-33(22-6-4-2)23-12-24-35-27-19-17-25(18-20-27)31(34)30-28-15-10-11-16-29(28)36-32(30)26-13-8-7-9-14-26/h7-11,13-20H,3-6,12,21-24H2,1-2H3. The second kappa shape index (κ2) is 13.1. The van der Waals surface area contributed by atoms with Crippen LogP contribution in [0.4, 0.5) is 0 Å². The third kappa shape index (κ3) is 6.44. The van der Waals surface area contributed by atoms with E-state index in [-0.39, 0.29) is 5.78 Å². The molecule has 0 fully saturated rings. The van der Waals surface area contributed by atoms with E-state index in [0.717, 1.165) is 29.7 Å². The lowest BCUT2D eigenvalue weighted by atomic mass is 9.97. The Morgan fingerprint density at radius 3 is 2.11 bits per heavy atom. The summed E-state index contributed by atoms with van der Waals surface area (Å²) in [5, 5.41) is 0.831. The SMILES string of the molecule is CCCCN(CCCC)CCCOc1ccc(C(=O)c2c(-c3ccccc3)oc3ccccc23)cc1. The minimum atomic E-state index is -0.0483. The number of ether oxygens (including phenoxy) is 1. The molecule has 4 rings (SSSR count). The van der Waals surface area contributed by atoms with Crippen LogP contribution in [-0.2, 0) is 0 Å². The summed E-state index contributed by atoms with van der Waals surface area (Å²) in [5.41, 5.74) is 2.83. The Bertz CT molecular complexity index is 1220. The van der Waals surface area contributed by atoms with E-state index >= 15 is 0 Å². The number of fused-ring (bicyclic) bond motifs is 1. The summed E-state index contributed by atoms with van der Waals surface area (Å²) < 4.78 is 12.1. The number of carbonyl (C=O) groups is 1. The smallest absolute Gasteiger partial charge is 0.197 e. The maximum atomic E-state index is 13.6. The number of furan rings is 1. The van der Waals surface area contributed by atoms with Gasteiger partial charge in [0, 0.05) is 23.1 Å². The second-order valence-corrected chi connectivity index (χ2v) is 9.27. The first-order valence-corrected chi connectivity index (χ1v) is 13.3. The largest absolute Gasteiger partial charge is 0.494 e. The highest BCUT2D eigenvalue weighted by atomic mass is 16.5. The Balaban J connectivity index is 1.42. The molecule has 0 amide bonds. The van der Waals surface area contributed by atoms with E-state index in [1.165, 1.54) is 38.8 Å². The molecule has 188 valence electrons. The highest BCUT2D eigenvalue weighted by molar-refractivity contribution is 6.19. The van der Waals surface area contributed by atoms with Crippen LogP contribution in [0.15, 0.2) is 83.3 Å². The molecule has 0 bridgehead atoms. The number of unbranched alkanes of at least 4 members (excludes halogenated alkanes) is 2. The molecule has 4 nitrogen and oxygen atoms in total. The highest BCUT2D eigenvalue weighted by Gasteiger charge is 2.23. The van der Waals surface area contributed by atoms with Crippen LogP contribution in [0.5, 0.6) is 5.75 Å². The Morgan fingerprint density at radius 2 is 1.42 bits per heavy atom. The van der Waals surface area contributed by atoms with Gasteiger partial charge in [-0.1, -0.05) is 75.2 Å². The summed E-state index contributed by atoms with van der Waals surface area (Å²) in [6.07, 6.45) is 5.95. The normalized spacial score (nSPS) is 11.3. The number of rotatable bonds is 14. The van der Waals surface area contributed by atoms with Gasteiger partial charge in [-0.05, 0) is 62.7 Å². The van der Waals surface area contributed by atoms with Crippen LogP contribution in [-0.4, -0.2) is 36.9 Å². The molecule has 4 heteroatoms. The molecule has 0 aliphatic carbocycles. The summed E-state index contributed by atoms with van der Waals surface area (Å²) in [4.78, 5) is 16.2. The van der Waals surface area contributed by atoms with Crippen molar-refractivity contribution in [2.24, 2.45) is 0 Å². The molecule has 0 saturated carbocycles. The van der Waals surface area contributed by atoms with Gasteiger partial charge >= 0.3 is 0 Å². The molecule has 0 unspecified atom stereocenters. The van der Waals surface area contributed by atoms with Crippen molar-refractivity contribution in [3.63, 3.8) is 0 Å². The predicted octanol–water partition coefficient (Wildman–Crippen LogP) is 8.00. The molecule has 3 aromatic carbocycles. The van der Waals surface area contributed by atoms with Crippen LogP contribution in [0.2, 0.25) is 0 Å². The molecular formula is C32H37NO3. The lowest BCUT2D eigenvalue weighted by Crippen LogP contribution is -2.28. The highest BCUT2D eigenvalue weighted by Crippen LogP contribution is 2.35. The Labute approximate surface area is 214 Å². The molecule has 0 radical (unpaired) electrons. The summed E-state index contributed by atoms with van der Waals surface area (Å²) in [7, 11) is 0. The summed E-state index contributed by atoms with van der Waals surface area (Å²) in [5.74, 6) is 1.35. The van der Waals surface area contributed by atoms with Gasteiger partial charge in [0.2, 0.25) is 0 Å². The molecule has 4 aromatic rings. The maximum Gasteiger partial charge on any atom is 0.197 e. The lowest BCUT2D eigenvalue weighted by molar-refractivity contribution is 0.104. The van der Waals surface area contributed by atoms with Gasteiger partial charge in [0.25, 0.3) is 0 Å². The number of hydrogen-bond donors (Lipinski definition) is 0. The van der Waals surface area contributed by atoms with Crippen molar-refractivity contribution in [1.82, 2.24) is 4.90 Å². The zero-order chi connectivity index (χ0) is 25.2. The molecule has 1 aromatic heterocycles. The van der Waals surface area contributed by atoms with Crippen LogP contribution in [0.1, 0.15) is 61.9 Å². The fourth-order valence-electron chi connectivity index (χ4n) is 4.49. The fraction of sp³-hybridized carbons (Fsp3) is 0.344. The van der Waals surface area contributed by atoms with E-state index in [1.807, 2.05) is 78.9 Å². The molecule has 1 heterocycles. The monoisotopic (exact) mass is 483 g/mol. The van der Waals surface area contributed by atoms with E-state index in [1.54, 1.807) is 0 Å². The molecule has 0 aliphatic rings. The number of hydrogen-bond acceptors (Lipinski definition) is 4. The Hall–Kier alpha value is -3.37. The minimum absolute atomic E-state index is 0.0483. The minimum Gasteiger partial charge on any atom is -0.494 e. The number of para-hydroxylation sites is 1. The van der Waals surface area contributed by atoms with E-state index in [4.69, 9.17) is 9.15 Å². The quantitative estimate of drug-likeness (QED) is 0.135. The third-order valence-corrected chi connectivity index (χ3v) is 6.52. The molecule has 0 spiro atoms. The zero-order valence-corrected chi connectivity index (χ0v) is 21.5. The number of nitrogens with zero attached hydrogens (tertiary/aromatic N) is 1. The summed E-state index contributed by atoms with van der Waals surface area (Å²) in [6, 6.07) is 25.0. The van der Waals surface area contributed by atoms with Crippen molar-refractivity contribution < 1.29 is 13.9 Å². The molecule has 0 saturated heterocycles. The van der Waals surface area contributed by atoms with Crippen LogP contribution in [0.3, 0.4) is 0 Å². The molecule has 36 heavy (non-hydrogen) atoms. The fourth-order valence-corrected chi connectivity index (χ4v) is 4.49. The van der Waals surface area contributed by atoms with Crippen LogP contribution < -0.4 is 4.74 Å². The maximum absolute atomic E-state index is 13.6. The average molecular weight is 484 g/mol. The van der Waals surface area contributed by atoms with Gasteiger partial charge in [0.15, 0.2) is 5.78 Å². The Morgan fingerprint density at radius 1 is 0.778 bits per heavy atom. The first kappa shape index (κ1) is 25.7. The van der Waals surface area contributed by atoms with E-state index in [0.29, 0.717) is 29.1 Å². The van der Waals surface area contributed by atoms with Crippen molar-refractivity contribution in [2.45, 2.75) is 46.0 Å². The van der Waals surface area contributed by atoms with Crippen LogP contribution in [0, 0.1) is 0 Å². The van der Waals surface area contributed by atoms with E-state index in [2.05, 4.69) is 18.7 Å². The first-order valence-electron chi connectivity index (χ1n) is 13.3. The van der Waals surface area contributed by atoms with Crippen molar-refractivity contribution in [2.75, 3.05) is 26.2 Å². The van der Waals surface area contributed by atoms with E-state index < -0.39 is 0 Å². The molecule has 0 aliphatic heterocycles. The van der Waals surface area contributed by atoms with Gasteiger partial charge in [-0.25, -0.2) is 0 Å². The molecule has 0 atom stereocenters. The summed E-state index contributed by atoms with van der Waals surface area (Å²) >= 11 is 0. The average Bonchev–Trinajstić information content (AvgIpc) is 3.32. The van der Waals surface area contributed by atoms with E-state index in [9.17, 15) is 4.79 Å². The topological polar surface area (TPSA) is 42.7 Å². The molecular weight excluding hydrogens is 446 g/mol. The van der Waals surface area contributed by atoms with Gasteiger partial charge in [-0.3, -0.25) is 4.79 Å². The number of carbonyl (C=O) groups excluding carboxylic acids is 1. The first-order chi connectivity index (χ1) is 17.7. The third-order valence-electron chi connectivity index (χ3n) is 6.52. The van der Waals surface area contributed by atoms with Crippen LogP contribution in [0.25, 0.3) is 22.3 Å². The van der Waals surface area contributed by atoms with Gasteiger partial charge in [-0.15, -0.1) is 0 Å². The van der Waals surface area contributed by atoms with Gasteiger partial charge in [0.1, 0.15) is 17.1 Å². The molecule has 0 N–H and O–H groups in total. The van der Waals surface area contributed by atoms with Crippen molar-refractivity contribution in [1.29, 1.82) is 0 Å². The Kier molecular flexibility index (Phi) is 9.34. The van der Waals surface area contributed by atoms with Gasteiger partial charge < -0.3 is 14.1 Å². The predicted molar refractivity (Wildman–Crippen MR) is 148 cm³/mol. The van der Waals surface area contributed by atoms with Crippen molar-refractivity contribution in [3.8, 4) is 17.1 Å². The summed E-state index contributed by atoms with van der Waals surface area (Å²) in [6.45, 7) is 8.56. The second-order valence-electron chi connectivity index (χ2n) is 9.27. The number of benzene rings is 3. The van der Waals surface area contributed by atoms with Gasteiger partial charge in [-0.2, -0.15) is 0 Å². The lowest BCUT2D eigenvalue weighted by Gasteiger charge is -2.21.